The zero-order valence-electron chi connectivity index (χ0n) is 10.9. The molecule has 2 atom stereocenters. The van der Waals surface area contributed by atoms with Crippen LogP contribution in [0.1, 0.15) is 19.4 Å². The molecule has 0 amide bonds. The van der Waals surface area contributed by atoms with E-state index >= 15 is 0 Å². The number of nitrogens with zero attached hydrogens (tertiary/aromatic N) is 2. The highest BCUT2D eigenvalue weighted by atomic mass is 32.2. The Morgan fingerprint density at radius 1 is 1.21 bits per heavy atom. The highest BCUT2D eigenvalue weighted by molar-refractivity contribution is 7.90. The summed E-state index contributed by atoms with van der Waals surface area (Å²) in [5.74, 6) is 0.553. The van der Waals surface area contributed by atoms with E-state index in [9.17, 15) is 8.42 Å². The topological polar surface area (TPSA) is 59.0 Å². The van der Waals surface area contributed by atoms with Gasteiger partial charge in [0, 0.05) is 18.7 Å². The molecule has 1 saturated heterocycles. The van der Waals surface area contributed by atoms with Crippen LogP contribution in [0.25, 0.3) is 0 Å². The van der Waals surface area contributed by atoms with Gasteiger partial charge in [-0.3, -0.25) is 0 Å². The van der Waals surface area contributed by atoms with Crippen LogP contribution in [0, 0.1) is 0 Å². The van der Waals surface area contributed by atoms with Crippen LogP contribution < -0.4 is 0 Å². The maximum atomic E-state index is 12.0. The first-order valence-corrected chi connectivity index (χ1v) is 7.76. The van der Waals surface area contributed by atoms with Gasteiger partial charge in [0.1, 0.15) is 4.90 Å². The van der Waals surface area contributed by atoms with E-state index in [-0.39, 0.29) is 12.2 Å². The second-order valence-electron chi connectivity index (χ2n) is 5.05. The van der Waals surface area contributed by atoms with Crippen molar-refractivity contribution in [3.63, 3.8) is 0 Å². The van der Waals surface area contributed by atoms with Gasteiger partial charge >= 0.3 is 0 Å². The second-order valence-corrected chi connectivity index (χ2v) is 6.62. The van der Waals surface area contributed by atoms with Crippen molar-refractivity contribution in [1.82, 2.24) is 4.90 Å². The Kier molecular flexibility index (Phi) is 2.87. The molecule has 2 aliphatic heterocycles. The Labute approximate surface area is 113 Å². The van der Waals surface area contributed by atoms with Crippen LogP contribution >= 0.6 is 0 Å². The van der Waals surface area contributed by atoms with Crippen LogP contribution in [-0.4, -0.2) is 44.5 Å². The molecule has 0 aliphatic carbocycles. The van der Waals surface area contributed by atoms with Crippen LogP contribution in [0.3, 0.4) is 0 Å². The Bertz CT molecular complexity index is 629. The number of hydrogen-bond acceptors (Lipinski definition) is 4. The van der Waals surface area contributed by atoms with Crippen molar-refractivity contribution in [1.29, 1.82) is 0 Å². The largest absolute Gasteiger partial charge is 0.372 e. The zero-order chi connectivity index (χ0) is 13.6. The summed E-state index contributed by atoms with van der Waals surface area (Å²) in [7, 11) is -3.53. The minimum absolute atomic E-state index is 0.0712. The van der Waals surface area contributed by atoms with E-state index in [2.05, 4.69) is 4.40 Å². The monoisotopic (exact) mass is 280 g/mol. The molecule has 0 aromatic heterocycles. The normalized spacial score (nSPS) is 28.9. The highest BCUT2D eigenvalue weighted by Gasteiger charge is 2.34. The number of fused-ring (bicyclic) bond motifs is 1. The van der Waals surface area contributed by atoms with Crippen molar-refractivity contribution >= 4 is 15.9 Å². The van der Waals surface area contributed by atoms with Crippen LogP contribution in [0.15, 0.2) is 33.6 Å². The zero-order valence-corrected chi connectivity index (χ0v) is 11.7. The van der Waals surface area contributed by atoms with Crippen molar-refractivity contribution in [2.45, 2.75) is 31.0 Å². The van der Waals surface area contributed by atoms with E-state index in [0.29, 0.717) is 29.4 Å². The fourth-order valence-electron chi connectivity index (χ4n) is 2.67. The predicted octanol–water partition coefficient (Wildman–Crippen LogP) is 1.24. The molecular formula is C13H16N2O3S. The first-order chi connectivity index (χ1) is 8.97. The van der Waals surface area contributed by atoms with E-state index in [1.54, 1.807) is 12.1 Å². The second kappa shape index (κ2) is 4.31. The molecular weight excluding hydrogens is 264 g/mol. The maximum Gasteiger partial charge on any atom is 0.285 e. The fraction of sp³-hybridized carbons (Fsp3) is 0.462. The van der Waals surface area contributed by atoms with Gasteiger partial charge in [0.15, 0.2) is 5.84 Å². The molecule has 0 saturated carbocycles. The Balaban J connectivity index is 2.03. The van der Waals surface area contributed by atoms with E-state index in [0.717, 1.165) is 0 Å². The van der Waals surface area contributed by atoms with Crippen molar-refractivity contribution < 1.29 is 13.2 Å². The summed E-state index contributed by atoms with van der Waals surface area (Å²) in [6.07, 6.45) is 0.142. The quantitative estimate of drug-likeness (QED) is 0.717. The molecule has 2 aliphatic rings. The molecule has 0 radical (unpaired) electrons. The first kappa shape index (κ1) is 12.6. The molecule has 0 unspecified atom stereocenters. The summed E-state index contributed by atoms with van der Waals surface area (Å²) in [6, 6.07) is 6.97. The van der Waals surface area contributed by atoms with Gasteiger partial charge in [-0.05, 0) is 26.0 Å². The fourth-order valence-corrected chi connectivity index (χ4v) is 3.90. The Morgan fingerprint density at radius 2 is 1.84 bits per heavy atom. The lowest BCUT2D eigenvalue weighted by Gasteiger charge is -2.36. The molecule has 5 nitrogen and oxygen atoms in total. The van der Waals surface area contributed by atoms with Gasteiger partial charge in [0.05, 0.1) is 12.2 Å². The third-order valence-corrected chi connectivity index (χ3v) is 4.66. The Morgan fingerprint density at radius 3 is 2.53 bits per heavy atom. The first-order valence-electron chi connectivity index (χ1n) is 6.32. The lowest BCUT2D eigenvalue weighted by molar-refractivity contribution is -0.0478. The Hall–Kier alpha value is -1.40. The standard InChI is InChI=1S/C13H16N2O3S/c1-9-7-15(8-10(2)18-9)13-11-5-3-4-6-12(11)19(16,17)14-13/h3-6,9-10H,7-8H2,1-2H3/t9-,10-/m0/s1. The number of hydrogen-bond donors (Lipinski definition) is 0. The number of sulfonamides is 1. The van der Waals surface area contributed by atoms with Crippen molar-refractivity contribution in [2.75, 3.05) is 13.1 Å². The molecule has 0 bridgehead atoms. The minimum atomic E-state index is -3.53. The summed E-state index contributed by atoms with van der Waals surface area (Å²) in [5, 5.41) is 0. The highest BCUT2D eigenvalue weighted by Crippen LogP contribution is 2.28. The van der Waals surface area contributed by atoms with Crippen molar-refractivity contribution in [3.05, 3.63) is 29.8 Å². The number of rotatable bonds is 0. The van der Waals surface area contributed by atoms with E-state index in [4.69, 9.17) is 4.74 Å². The molecule has 1 fully saturated rings. The van der Waals surface area contributed by atoms with Gasteiger partial charge < -0.3 is 9.64 Å². The van der Waals surface area contributed by atoms with Gasteiger partial charge in [-0.25, -0.2) is 0 Å². The maximum absolute atomic E-state index is 12.0. The lowest BCUT2D eigenvalue weighted by Crippen LogP contribution is -2.48. The molecule has 1 aromatic carbocycles. The number of amidine groups is 1. The van der Waals surface area contributed by atoms with Crippen LogP contribution in [-0.2, 0) is 14.8 Å². The van der Waals surface area contributed by atoms with Gasteiger partial charge in [-0.15, -0.1) is 4.40 Å². The summed E-state index contributed by atoms with van der Waals surface area (Å²) < 4.78 is 33.7. The predicted molar refractivity (Wildman–Crippen MR) is 71.7 cm³/mol. The van der Waals surface area contributed by atoms with Crippen LogP contribution in [0.5, 0.6) is 0 Å². The van der Waals surface area contributed by atoms with Gasteiger partial charge in [0.2, 0.25) is 0 Å². The van der Waals surface area contributed by atoms with Crippen molar-refractivity contribution in [2.24, 2.45) is 4.40 Å². The molecule has 0 spiro atoms. The van der Waals surface area contributed by atoms with Gasteiger partial charge in [-0.1, -0.05) is 12.1 Å². The third kappa shape index (κ3) is 2.15. The van der Waals surface area contributed by atoms with E-state index in [1.807, 2.05) is 30.9 Å². The van der Waals surface area contributed by atoms with E-state index < -0.39 is 10.0 Å². The van der Waals surface area contributed by atoms with Crippen molar-refractivity contribution in [3.8, 4) is 0 Å². The molecule has 102 valence electrons. The smallest absolute Gasteiger partial charge is 0.285 e. The average molecular weight is 280 g/mol. The summed E-state index contributed by atoms with van der Waals surface area (Å²) in [6.45, 7) is 5.29. The number of ether oxygens (including phenoxy) is 1. The molecule has 1 aromatic rings. The van der Waals surface area contributed by atoms with Crippen LogP contribution in [0.4, 0.5) is 0 Å². The molecule has 6 heteroatoms. The SMILES string of the molecule is C[C@H]1CN(C2=NS(=O)(=O)c3ccccc32)C[C@H](C)O1. The van der Waals surface area contributed by atoms with Crippen LogP contribution in [0.2, 0.25) is 0 Å². The molecule has 0 N–H and O–H groups in total. The summed E-state index contributed by atoms with van der Waals surface area (Å²) >= 11 is 0. The average Bonchev–Trinajstić information content (AvgIpc) is 2.61. The summed E-state index contributed by atoms with van der Waals surface area (Å²) in [4.78, 5) is 2.30. The molecule has 2 heterocycles. The van der Waals surface area contributed by atoms with E-state index in [1.165, 1.54) is 0 Å². The number of benzene rings is 1. The lowest BCUT2D eigenvalue weighted by atomic mass is 10.1. The third-order valence-electron chi connectivity index (χ3n) is 3.33. The summed E-state index contributed by atoms with van der Waals surface area (Å²) in [5.41, 5.74) is 0.698. The molecule has 3 rings (SSSR count). The molecule has 19 heavy (non-hydrogen) atoms. The number of morpholine rings is 1. The van der Waals surface area contributed by atoms with Gasteiger partial charge in [-0.2, -0.15) is 8.42 Å². The van der Waals surface area contributed by atoms with Gasteiger partial charge in [0.25, 0.3) is 10.0 Å². The minimum Gasteiger partial charge on any atom is -0.372 e.